The first kappa shape index (κ1) is 55.8. The van der Waals surface area contributed by atoms with E-state index in [2.05, 4.69) is 26.0 Å². The molecule has 0 saturated heterocycles. The first-order valence-electron chi connectivity index (χ1n) is 23.9. The summed E-state index contributed by atoms with van der Waals surface area (Å²) in [4.78, 5) is 37.6. The maximum atomic E-state index is 12.7. The highest BCUT2D eigenvalue weighted by Crippen LogP contribution is 2.38. The Labute approximate surface area is 352 Å². The molecule has 0 aliphatic carbocycles. The molecule has 9 nitrogen and oxygen atoms in total. The lowest BCUT2D eigenvalue weighted by Gasteiger charge is -2.28. The molecule has 0 bridgehead atoms. The van der Waals surface area contributed by atoms with Gasteiger partial charge in [-0.25, -0.2) is 0 Å². The largest absolute Gasteiger partial charge is 0.756 e. The summed E-state index contributed by atoms with van der Waals surface area (Å²) >= 11 is 0. The van der Waals surface area contributed by atoms with Gasteiger partial charge in [-0.15, -0.1) is 0 Å². The number of hydrogen-bond donors (Lipinski definition) is 0. The quantitative estimate of drug-likeness (QED) is 0.0196. The minimum Gasteiger partial charge on any atom is -0.756 e. The van der Waals surface area contributed by atoms with Gasteiger partial charge in [-0.3, -0.25) is 14.2 Å². The van der Waals surface area contributed by atoms with Crippen LogP contribution in [0.25, 0.3) is 0 Å². The van der Waals surface area contributed by atoms with E-state index >= 15 is 0 Å². The fourth-order valence-corrected chi connectivity index (χ4v) is 7.50. The first-order chi connectivity index (χ1) is 27.5. The molecule has 0 amide bonds. The number of esters is 2. The van der Waals surface area contributed by atoms with Gasteiger partial charge in [0.15, 0.2) is 6.10 Å². The van der Waals surface area contributed by atoms with E-state index in [-0.39, 0.29) is 32.0 Å². The Hall–Kier alpha value is -1.25. The predicted octanol–water partition coefficient (Wildman–Crippen LogP) is 13.1. The van der Waals surface area contributed by atoms with Crippen molar-refractivity contribution in [3.8, 4) is 0 Å². The molecule has 0 rings (SSSR count). The van der Waals surface area contributed by atoms with Crippen LogP contribution in [0.15, 0.2) is 12.2 Å². The van der Waals surface area contributed by atoms with Gasteiger partial charge in [0.05, 0.1) is 27.7 Å². The second-order valence-electron chi connectivity index (χ2n) is 17.5. The summed E-state index contributed by atoms with van der Waals surface area (Å²) in [6, 6.07) is 0. The zero-order valence-electron chi connectivity index (χ0n) is 38.1. The van der Waals surface area contributed by atoms with Crippen molar-refractivity contribution in [2.75, 3.05) is 47.5 Å². The van der Waals surface area contributed by atoms with Gasteiger partial charge in [0.2, 0.25) is 0 Å². The number of phosphoric ester groups is 1. The molecule has 0 aromatic carbocycles. The Morgan fingerprint density at radius 3 is 1.32 bits per heavy atom. The topological polar surface area (TPSA) is 111 Å². The van der Waals surface area contributed by atoms with Crippen LogP contribution < -0.4 is 4.89 Å². The molecule has 0 heterocycles. The SMILES string of the molecule is CCCCCC/C=C/CCCCCCCCCCCC(=O)O[C@H](COC(=O)CCCCCCCCCCCCCCCCCC)COP(=O)([O-])OCC[N+](C)(C)C. The van der Waals surface area contributed by atoms with Crippen LogP contribution in [0.2, 0.25) is 0 Å². The fraction of sp³-hybridized carbons (Fsp3) is 0.915. The van der Waals surface area contributed by atoms with Crippen molar-refractivity contribution >= 4 is 19.8 Å². The lowest BCUT2D eigenvalue weighted by atomic mass is 10.0. The van der Waals surface area contributed by atoms with E-state index in [0.29, 0.717) is 17.4 Å². The summed E-state index contributed by atoms with van der Waals surface area (Å²) < 4.78 is 34.0. The van der Waals surface area contributed by atoms with Gasteiger partial charge in [-0.2, -0.15) is 0 Å². The minimum atomic E-state index is -4.62. The lowest BCUT2D eigenvalue weighted by molar-refractivity contribution is -0.870. The number of carbonyl (C=O) groups is 2. The molecule has 0 radical (unpaired) electrons. The molecule has 338 valence electrons. The van der Waals surface area contributed by atoms with Gasteiger partial charge in [-0.1, -0.05) is 187 Å². The average molecular weight is 830 g/mol. The van der Waals surface area contributed by atoms with Gasteiger partial charge in [0, 0.05) is 12.8 Å². The normalized spacial score (nSPS) is 13.6. The molecule has 0 aromatic rings. The molecule has 0 aliphatic heterocycles. The zero-order chi connectivity index (χ0) is 42.1. The summed E-state index contributed by atoms with van der Waals surface area (Å²) in [5.41, 5.74) is 0. The van der Waals surface area contributed by atoms with Crippen LogP contribution in [-0.2, 0) is 32.7 Å². The smallest absolute Gasteiger partial charge is 0.306 e. The number of ether oxygens (including phenoxy) is 2. The van der Waals surface area contributed by atoms with Crippen LogP contribution in [-0.4, -0.2) is 70.0 Å². The molecular weight excluding hydrogens is 737 g/mol. The van der Waals surface area contributed by atoms with E-state index in [9.17, 15) is 19.0 Å². The van der Waals surface area contributed by atoms with E-state index in [0.717, 1.165) is 38.5 Å². The standard InChI is InChI=1S/C47H92NO8P/c1-6-8-10-12-14-16-18-20-22-24-26-28-30-32-34-36-38-40-47(50)56-45(44-55-57(51,52)54-42-41-48(3,4)5)43-53-46(49)39-37-35-33-31-29-27-25-23-21-19-17-15-13-11-9-7-2/h16,18,45H,6-15,17,19-44H2,1-5H3/b18-16+/t45-/m1/s1. The molecule has 0 aliphatic rings. The number of allylic oxidation sites excluding steroid dienone is 2. The van der Waals surface area contributed by atoms with Crippen molar-refractivity contribution in [2.24, 2.45) is 0 Å². The maximum Gasteiger partial charge on any atom is 0.306 e. The highest BCUT2D eigenvalue weighted by Gasteiger charge is 2.21. The van der Waals surface area contributed by atoms with Gasteiger partial charge in [0.1, 0.15) is 19.8 Å². The number of nitrogens with zero attached hydrogens (tertiary/aromatic N) is 1. The molecule has 10 heteroatoms. The lowest BCUT2D eigenvalue weighted by Crippen LogP contribution is -2.37. The van der Waals surface area contributed by atoms with E-state index in [4.69, 9.17) is 18.5 Å². The van der Waals surface area contributed by atoms with E-state index in [1.807, 2.05) is 21.1 Å². The number of likely N-dealkylation sites (N-methyl/N-ethyl adjacent to an activating group) is 1. The summed E-state index contributed by atoms with van der Waals surface area (Å²) in [5.74, 6) is -0.824. The highest BCUT2D eigenvalue weighted by molar-refractivity contribution is 7.45. The van der Waals surface area contributed by atoms with Gasteiger partial charge >= 0.3 is 11.9 Å². The van der Waals surface area contributed by atoms with Crippen molar-refractivity contribution in [1.29, 1.82) is 0 Å². The van der Waals surface area contributed by atoms with Crippen LogP contribution in [0.4, 0.5) is 0 Å². The summed E-state index contributed by atoms with van der Waals surface area (Å²) in [7, 11) is 1.18. The number of rotatable bonds is 44. The third-order valence-corrected chi connectivity index (χ3v) is 11.5. The first-order valence-corrected chi connectivity index (χ1v) is 25.4. The number of phosphoric acid groups is 1. The predicted molar refractivity (Wildman–Crippen MR) is 236 cm³/mol. The second-order valence-corrected chi connectivity index (χ2v) is 18.9. The summed E-state index contributed by atoms with van der Waals surface area (Å²) in [6.45, 7) is 4.25. The Balaban J connectivity index is 4.28. The van der Waals surface area contributed by atoms with E-state index in [1.54, 1.807) is 0 Å². The second kappa shape index (κ2) is 40.2. The molecule has 0 saturated carbocycles. The van der Waals surface area contributed by atoms with Crippen molar-refractivity contribution in [3.63, 3.8) is 0 Å². The monoisotopic (exact) mass is 830 g/mol. The third-order valence-electron chi connectivity index (χ3n) is 10.5. The molecule has 0 aromatic heterocycles. The number of carbonyl (C=O) groups excluding carboxylic acids is 2. The van der Waals surface area contributed by atoms with Gasteiger partial charge < -0.3 is 27.9 Å². The Kier molecular flexibility index (Phi) is 39.3. The Morgan fingerprint density at radius 2 is 0.895 bits per heavy atom. The van der Waals surface area contributed by atoms with Crippen LogP contribution in [0.5, 0.6) is 0 Å². The Morgan fingerprint density at radius 1 is 0.526 bits per heavy atom. The van der Waals surface area contributed by atoms with Crippen LogP contribution in [0.1, 0.15) is 226 Å². The average Bonchev–Trinajstić information content (AvgIpc) is 3.16. The Bertz CT molecular complexity index is 985. The van der Waals surface area contributed by atoms with Gasteiger partial charge in [-0.05, 0) is 38.5 Å². The molecule has 1 unspecified atom stereocenters. The molecular formula is C47H92NO8P. The van der Waals surface area contributed by atoms with E-state index < -0.39 is 26.5 Å². The van der Waals surface area contributed by atoms with Crippen LogP contribution in [0.3, 0.4) is 0 Å². The number of quaternary nitrogens is 1. The molecule has 0 spiro atoms. The number of hydrogen-bond acceptors (Lipinski definition) is 8. The molecule has 57 heavy (non-hydrogen) atoms. The van der Waals surface area contributed by atoms with Crippen LogP contribution in [0, 0.1) is 0 Å². The van der Waals surface area contributed by atoms with Crippen molar-refractivity contribution < 1.29 is 42.1 Å². The van der Waals surface area contributed by atoms with Crippen molar-refractivity contribution in [2.45, 2.75) is 232 Å². The van der Waals surface area contributed by atoms with E-state index in [1.165, 1.54) is 154 Å². The van der Waals surface area contributed by atoms with Gasteiger partial charge in [0.25, 0.3) is 7.82 Å². The van der Waals surface area contributed by atoms with Crippen LogP contribution >= 0.6 is 7.82 Å². The van der Waals surface area contributed by atoms with Crippen molar-refractivity contribution in [3.05, 3.63) is 12.2 Å². The number of unbranched alkanes of at least 4 members (excludes halogenated alkanes) is 28. The molecule has 0 N–H and O–H groups in total. The molecule has 2 atom stereocenters. The zero-order valence-corrected chi connectivity index (χ0v) is 38.9. The van der Waals surface area contributed by atoms with Crippen molar-refractivity contribution in [1.82, 2.24) is 0 Å². The fourth-order valence-electron chi connectivity index (χ4n) is 6.77. The molecule has 0 fully saturated rings. The highest BCUT2D eigenvalue weighted by atomic mass is 31.2. The summed E-state index contributed by atoms with van der Waals surface area (Å²) in [6.07, 6.45) is 42.3. The third kappa shape index (κ3) is 44.1. The minimum absolute atomic E-state index is 0.0278. The summed E-state index contributed by atoms with van der Waals surface area (Å²) in [5, 5.41) is 0. The maximum absolute atomic E-state index is 12.7.